The third-order valence-electron chi connectivity index (χ3n) is 5.01. The van der Waals surface area contributed by atoms with Crippen LogP contribution in [0.3, 0.4) is 0 Å². The number of hydrogen-bond acceptors (Lipinski definition) is 2. The average molecular weight is 357 g/mol. The van der Waals surface area contributed by atoms with Crippen molar-refractivity contribution in [1.82, 2.24) is 5.32 Å². The van der Waals surface area contributed by atoms with E-state index in [2.05, 4.69) is 5.32 Å². The first kappa shape index (κ1) is 19.3. The van der Waals surface area contributed by atoms with Gasteiger partial charge in [0.2, 0.25) is 5.91 Å². The molecule has 0 aliphatic heterocycles. The van der Waals surface area contributed by atoms with Crippen LogP contribution in [-0.2, 0) is 15.0 Å². The molecule has 1 amide bonds. The number of carbonyl (C=O) groups is 2. The van der Waals surface area contributed by atoms with E-state index in [1.54, 1.807) is 30.3 Å². The third kappa shape index (κ3) is 4.52. The number of carboxylic acid groups (broad SMARTS) is 1. The van der Waals surface area contributed by atoms with E-state index in [0.717, 1.165) is 0 Å². The lowest BCUT2D eigenvalue weighted by molar-refractivity contribution is -0.186. The van der Waals surface area contributed by atoms with Crippen LogP contribution < -0.4 is 5.32 Å². The van der Waals surface area contributed by atoms with Gasteiger partial charge in [0.15, 0.2) is 0 Å². The van der Waals surface area contributed by atoms with E-state index >= 15 is 0 Å². The Kier molecular flexibility index (Phi) is 5.75. The minimum atomic E-state index is -4.29. The van der Waals surface area contributed by atoms with Crippen molar-refractivity contribution in [2.75, 3.05) is 6.54 Å². The highest BCUT2D eigenvalue weighted by Crippen LogP contribution is 2.40. The zero-order chi connectivity index (χ0) is 18.7. The molecule has 1 aromatic rings. The van der Waals surface area contributed by atoms with E-state index in [9.17, 15) is 27.9 Å². The van der Waals surface area contributed by atoms with E-state index in [1.807, 2.05) is 0 Å². The summed E-state index contributed by atoms with van der Waals surface area (Å²) in [5.74, 6) is -3.79. The van der Waals surface area contributed by atoms with Crippen LogP contribution in [0.4, 0.5) is 13.2 Å². The molecule has 1 aliphatic rings. The fraction of sp³-hybridized carbons (Fsp3) is 0.556. The highest BCUT2D eigenvalue weighted by atomic mass is 19.4. The van der Waals surface area contributed by atoms with E-state index in [0.29, 0.717) is 18.4 Å². The molecular formula is C18H22F3NO3. The zero-order valence-electron chi connectivity index (χ0n) is 14.0. The molecule has 2 rings (SSSR count). The van der Waals surface area contributed by atoms with Crippen molar-refractivity contribution < 1.29 is 27.9 Å². The summed E-state index contributed by atoms with van der Waals surface area (Å²) >= 11 is 0. The van der Waals surface area contributed by atoms with Crippen LogP contribution in [0.25, 0.3) is 0 Å². The molecule has 1 aliphatic carbocycles. The standard InChI is InChI=1S/C18H22F3NO3/c1-17(16(24)25,13-7-3-2-4-8-13)11-22-15(23)12-6-5-9-14(10-12)18(19,20)21/h2-4,7-8,12,14H,5-6,9-11H2,1H3,(H,22,23)(H,24,25). The largest absolute Gasteiger partial charge is 0.481 e. The monoisotopic (exact) mass is 357 g/mol. The summed E-state index contributed by atoms with van der Waals surface area (Å²) in [7, 11) is 0. The molecule has 0 heterocycles. The molecule has 1 aromatic carbocycles. The minimum absolute atomic E-state index is 0.0458. The number of hydrogen-bond donors (Lipinski definition) is 2. The Bertz CT molecular complexity index is 618. The molecule has 1 fully saturated rings. The number of halogens is 3. The normalized spacial score (nSPS) is 23.5. The van der Waals surface area contributed by atoms with Gasteiger partial charge in [-0.05, 0) is 31.7 Å². The predicted molar refractivity (Wildman–Crippen MR) is 85.9 cm³/mol. The van der Waals surface area contributed by atoms with Crippen molar-refractivity contribution >= 4 is 11.9 Å². The second-order valence-corrected chi connectivity index (χ2v) is 6.82. The number of aliphatic carboxylic acids is 1. The van der Waals surface area contributed by atoms with Crippen molar-refractivity contribution in [3.63, 3.8) is 0 Å². The number of benzene rings is 1. The Morgan fingerprint density at radius 1 is 1.20 bits per heavy atom. The summed E-state index contributed by atoms with van der Waals surface area (Å²) in [6, 6.07) is 8.46. The van der Waals surface area contributed by atoms with E-state index in [-0.39, 0.29) is 19.4 Å². The zero-order valence-corrected chi connectivity index (χ0v) is 14.0. The van der Waals surface area contributed by atoms with Gasteiger partial charge in [0.1, 0.15) is 5.41 Å². The average Bonchev–Trinajstić information content (AvgIpc) is 2.59. The Morgan fingerprint density at radius 2 is 1.84 bits per heavy atom. The second kappa shape index (κ2) is 7.45. The van der Waals surface area contributed by atoms with Gasteiger partial charge in [-0.3, -0.25) is 9.59 Å². The summed E-state index contributed by atoms with van der Waals surface area (Å²) in [6.45, 7) is 1.32. The first-order valence-corrected chi connectivity index (χ1v) is 8.28. The van der Waals surface area contributed by atoms with Gasteiger partial charge in [0.25, 0.3) is 0 Å². The van der Waals surface area contributed by atoms with Gasteiger partial charge in [-0.1, -0.05) is 36.8 Å². The van der Waals surface area contributed by atoms with Gasteiger partial charge in [-0.25, -0.2) is 0 Å². The summed E-state index contributed by atoms with van der Waals surface area (Å²) < 4.78 is 38.6. The molecule has 0 bridgehead atoms. The van der Waals surface area contributed by atoms with Gasteiger partial charge in [-0.15, -0.1) is 0 Å². The van der Waals surface area contributed by atoms with Crippen molar-refractivity contribution in [3.8, 4) is 0 Å². The van der Waals surface area contributed by atoms with Crippen LogP contribution in [0.1, 0.15) is 38.2 Å². The van der Waals surface area contributed by atoms with Gasteiger partial charge >= 0.3 is 12.1 Å². The number of carbonyl (C=O) groups excluding carboxylic acids is 1. The first-order chi connectivity index (χ1) is 11.6. The lowest BCUT2D eigenvalue weighted by atomic mass is 9.79. The highest BCUT2D eigenvalue weighted by Gasteiger charge is 2.44. The topological polar surface area (TPSA) is 66.4 Å². The Hall–Kier alpha value is -2.05. The van der Waals surface area contributed by atoms with Crippen LogP contribution in [0, 0.1) is 11.8 Å². The van der Waals surface area contributed by atoms with Gasteiger partial charge < -0.3 is 10.4 Å². The number of carboxylic acids is 1. The summed E-state index contributed by atoms with van der Waals surface area (Å²) in [5.41, 5.74) is -0.811. The first-order valence-electron chi connectivity index (χ1n) is 8.28. The van der Waals surface area contributed by atoms with Gasteiger partial charge in [0.05, 0.1) is 5.92 Å². The maximum absolute atomic E-state index is 12.9. The lowest BCUT2D eigenvalue weighted by Crippen LogP contribution is -2.46. The molecule has 4 nitrogen and oxygen atoms in total. The van der Waals surface area contributed by atoms with Crippen molar-refractivity contribution in [2.24, 2.45) is 11.8 Å². The summed E-state index contributed by atoms with van der Waals surface area (Å²) in [6.07, 6.45) is -3.74. The molecular weight excluding hydrogens is 335 g/mol. The fourth-order valence-corrected chi connectivity index (χ4v) is 3.24. The van der Waals surface area contributed by atoms with Crippen LogP contribution in [0.2, 0.25) is 0 Å². The Labute approximate surface area is 144 Å². The van der Waals surface area contributed by atoms with E-state index in [4.69, 9.17) is 0 Å². The van der Waals surface area contributed by atoms with Crippen molar-refractivity contribution in [3.05, 3.63) is 35.9 Å². The Balaban J connectivity index is 2.03. The maximum atomic E-state index is 12.9. The number of rotatable bonds is 5. The summed E-state index contributed by atoms with van der Waals surface area (Å²) in [5, 5.41) is 12.1. The molecule has 0 spiro atoms. The molecule has 0 radical (unpaired) electrons. The number of amides is 1. The van der Waals surface area contributed by atoms with Crippen LogP contribution in [0.5, 0.6) is 0 Å². The highest BCUT2D eigenvalue weighted by molar-refractivity contribution is 5.84. The molecule has 0 aromatic heterocycles. The van der Waals surface area contributed by atoms with Crippen molar-refractivity contribution in [1.29, 1.82) is 0 Å². The van der Waals surface area contributed by atoms with Crippen LogP contribution in [0.15, 0.2) is 30.3 Å². The number of alkyl halides is 3. The molecule has 2 N–H and O–H groups in total. The molecule has 25 heavy (non-hydrogen) atoms. The van der Waals surface area contributed by atoms with Crippen LogP contribution in [-0.4, -0.2) is 29.7 Å². The van der Waals surface area contributed by atoms with Crippen molar-refractivity contribution in [2.45, 2.75) is 44.2 Å². The molecule has 1 saturated carbocycles. The van der Waals surface area contributed by atoms with Crippen LogP contribution >= 0.6 is 0 Å². The smallest absolute Gasteiger partial charge is 0.391 e. The third-order valence-corrected chi connectivity index (χ3v) is 5.01. The minimum Gasteiger partial charge on any atom is -0.481 e. The molecule has 3 unspecified atom stereocenters. The maximum Gasteiger partial charge on any atom is 0.391 e. The Morgan fingerprint density at radius 3 is 2.40 bits per heavy atom. The second-order valence-electron chi connectivity index (χ2n) is 6.82. The van der Waals surface area contributed by atoms with E-state index in [1.165, 1.54) is 6.92 Å². The molecule has 0 saturated heterocycles. The van der Waals surface area contributed by atoms with E-state index < -0.39 is 35.3 Å². The van der Waals surface area contributed by atoms with Gasteiger partial charge in [0, 0.05) is 12.5 Å². The number of nitrogens with one attached hydrogen (secondary N) is 1. The molecule has 3 atom stereocenters. The predicted octanol–water partition coefficient (Wildman–Crippen LogP) is 3.51. The SMILES string of the molecule is CC(CNC(=O)C1CCCC(C(F)(F)F)C1)(C(=O)O)c1ccccc1. The summed E-state index contributed by atoms with van der Waals surface area (Å²) in [4.78, 5) is 24.0. The fourth-order valence-electron chi connectivity index (χ4n) is 3.24. The molecule has 7 heteroatoms. The molecule has 138 valence electrons. The lowest BCUT2D eigenvalue weighted by Gasteiger charge is -2.31. The van der Waals surface area contributed by atoms with Gasteiger partial charge in [-0.2, -0.15) is 13.2 Å². The quantitative estimate of drug-likeness (QED) is 0.847.